The van der Waals surface area contributed by atoms with E-state index in [4.69, 9.17) is 4.74 Å². The van der Waals surface area contributed by atoms with E-state index >= 15 is 0 Å². The minimum atomic E-state index is -0.477. The lowest BCUT2D eigenvalue weighted by molar-refractivity contribution is -0.128. The summed E-state index contributed by atoms with van der Waals surface area (Å²) in [6.07, 6.45) is 4.14. The van der Waals surface area contributed by atoms with Gasteiger partial charge in [0.15, 0.2) is 6.10 Å². The number of nitrogens with zero attached hydrogens (tertiary/aromatic N) is 1. The molecule has 4 nitrogen and oxygen atoms in total. The van der Waals surface area contributed by atoms with Crippen molar-refractivity contribution in [2.24, 2.45) is 0 Å². The van der Waals surface area contributed by atoms with E-state index in [1.54, 1.807) is 0 Å². The molecule has 1 aliphatic rings. The number of ether oxygens (including phenoxy) is 1. The van der Waals surface area contributed by atoms with Gasteiger partial charge in [0.25, 0.3) is 5.91 Å². The highest BCUT2D eigenvalue weighted by Crippen LogP contribution is 2.19. The Labute approximate surface area is 175 Å². The van der Waals surface area contributed by atoms with Crippen LogP contribution in [0.15, 0.2) is 42.5 Å². The standard InChI is InChI=1S/C25H34N2O2/c1-4-24(29-23-15-19(2)14-20(3)16-23)25(28)26-17-21-8-10-22(11-9-21)18-27-12-6-5-7-13-27/h8-11,14-16,24H,4-7,12-13,17-18H2,1-3H3,(H,26,28)/t24-/m0/s1. The van der Waals surface area contributed by atoms with Gasteiger partial charge in [0, 0.05) is 13.1 Å². The van der Waals surface area contributed by atoms with E-state index in [2.05, 4.69) is 40.5 Å². The number of nitrogens with one attached hydrogen (secondary N) is 1. The van der Waals surface area contributed by atoms with Gasteiger partial charge in [-0.15, -0.1) is 0 Å². The Morgan fingerprint density at radius 1 is 1.00 bits per heavy atom. The lowest BCUT2D eigenvalue weighted by Crippen LogP contribution is -2.37. The van der Waals surface area contributed by atoms with Crippen molar-refractivity contribution < 1.29 is 9.53 Å². The molecule has 0 aromatic heterocycles. The maximum atomic E-state index is 12.6. The maximum absolute atomic E-state index is 12.6. The highest BCUT2D eigenvalue weighted by molar-refractivity contribution is 5.81. The third kappa shape index (κ3) is 6.60. The van der Waals surface area contributed by atoms with Crippen LogP contribution >= 0.6 is 0 Å². The summed E-state index contributed by atoms with van der Waals surface area (Å²) in [6.45, 7) is 10.0. The quantitative estimate of drug-likeness (QED) is 0.702. The molecule has 1 amide bonds. The average molecular weight is 395 g/mol. The van der Waals surface area contributed by atoms with E-state index in [9.17, 15) is 4.79 Å². The monoisotopic (exact) mass is 394 g/mol. The second-order valence-electron chi connectivity index (χ2n) is 8.21. The predicted molar refractivity (Wildman–Crippen MR) is 118 cm³/mol. The van der Waals surface area contributed by atoms with Gasteiger partial charge in [0.2, 0.25) is 0 Å². The Morgan fingerprint density at radius 2 is 1.62 bits per heavy atom. The van der Waals surface area contributed by atoms with Crippen LogP contribution in [0.5, 0.6) is 5.75 Å². The molecule has 2 aromatic rings. The number of carbonyl (C=O) groups excluding carboxylic acids is 1. The molecule has 0 aliphatic carbocycles. The second-order valence-corrected chi connectivity index (χ2v) is 8.21. The Balaban J connectivity index is 1.50. The number of piperidine rings is 1. The zero-order valence-corrected chi connectivity index (χ0v) is 18.0. The molecule has 3 rings (SSSR count). The van der Waals surface area contributed by atoms with Gasteiger partial charge < -0.3 is 10.1 Å². The zero-order chi connectivity index (χ0) is 20.6. The Morgan fingerprint density at radius 3 is 2.24 bits per heavy atom. The summed E-state index contributed by atoms with van der Waals surface area (Å²) >= 11 is 0. The van der Waals surface area contributed by atoms with Crippen molar-refractivity contribution in [1.82, 2.24) is 10.2 Å². The fourth-order valence-electron chi connectivity index (χ4n) is 3.93. The zero-order valence-electron chi connectivity index (χ0n) is 18.0. The molecule has 0 radical (unpaired) electrons. The van der Waals surface area contributed by atoms with Crippen LogP contribution in [0, 0.1) is 13.8 Å². The molecule has 2 aromatic carbocycles. The van der Waals surface area contributed by atoms with Gasteiger partial charge in [-0.1, -0.05) is 43.7 Å². The van der Waals surface area contributed by atoms with Crippen LogP contribution in [-0.4, -0.2) is 30.0 Å². The summed E-state index contributed by atoms with van der Waals surface area (Å²) in [5.74, 6) is 0.690. The molecule has 0 unspecified atom stereocenters. The Bertz CT molecular complexity index is 775. The van der Waals surface area contributed by atoms with Crippen molar-refractivity contribution in [2.45, 2.75) is 65.6 Å². The van der Waals surface area contributed by atoms with Crippen LogP contribution in [0.25, 0.3) is 0 Å². The molecule has 29 heavy (non-hydrogen) atoms. The van der Waals surface area contributed by atoms with E-state index in [0.717, 1.165) is 29.0 Å². The first-order chi connectivity index (χ1) is 14.0. The van der Waals surface area contributed by atoms with Gasteiger partial charge in [-0.05, 0) is 80.6 Å². The van der Waals surface area contributed by atoms with Crippen molar-refractivity contribution in [3.8, 4) is 5.75 Å². The summed E-state index contributed by atoms with van der Waals surface area (Å²) in [5.41, 5.74) is 4.73. The van der Waals surface area contributed by atoms with E-state index in [0.29, 0.717) is 13.0 Å². The molecule has 156 valence electrons. The number of carbonyl (C=O) groups is 1. The normalized spacial score (nSPS) is 15.7. The SMILES string of the molecule is CC[C@H](Oc1cc(C)cc(C)c1)C(=O)NCc1ccc(CN2CCCCC2)cc1. The molecular weight excluding hydrogens is 360 g/mol. The van der Waals surface area contributed by atoms with Crippen LogP contribution < -0.4 is 10.1 Å². The highest BCUT2D eigenvalue weighted by Gasteiger charge is 2.18. The number of hydrogen-bond donors (Lipinski definition) is 1. The first kappa shape index (κ1) is 21.4. The first-order valence-electron chi connectivity index (χ1n) is 10.9. The Kier molecular flexibility index (Phi) is 7.70. The molecular formula is C25H34N2O2. The summed E-state index contributed by atoms with van der Waals surface area (Å²) in [4.78, 5) is 15.1. The van der Waals surface area contributed by atoms with E-state index in [1.165, 1.54) is 37.9 Å². The summed E-state index contributed by atoms with van der Waals surface area (Å²) in [5, 5.41) is 3.03. The minimum Gasteiger partial charge on any atom is -0.481 e. The number of rotatable bonds is 8. The third-order valence-electron chi connectivity index (χ3n) is 5.48. The van der Waals surface area contributed by atoms with Crippen LogP contribution in [0.1, 0.15) is 54.9 Å². The largest absolute Gasteiger partial charge is 0.481 e. The Hall–Kier alpha value is -2.33. The molecule has 1 atom stereocenters. The molecule has 1 heterocycles. The number of hydrogen-bond acceptors (Lipinski definition) is 3. The average Bonchev–Trinajstić information content (AvgIpc) is 2.71. The van der Waals surface area contributed by atoms with E-state index < -0.39 is 6.10 Å². The van der Waals surface area contributed by atoms with Crippen molar-refractivity contribution in [3.05, 3.63) is 64.7 Å². The van der Waals surface area contributed by atoms with Crippen molar-refractivity contribution >= 4 is 5.91 Å². The lowest BCUT2D eigenvalue weighted by atomic mass is 10.1. The number of benzene rings is 2. The fourth-order valence-corrected chi connectivity index (χ4v) is 3.93. The molecule has 1 fully saturated rings. The summed E-state index contributed by atoms with van der Waals surface area (Å²) < 4.78 is 5.96. The van der Waals surface area contributed by atoms with Gasteiger partial charge in [0.1, 0.15) is 5.75 Å². The molecule has 0 saturated carbocycles. The molecule has 1 N–H and O–H groups in total. The molecule has 4 heteroatoms. The number of amides is 1. The molecule has 1 saturated heterocycles. The van der Waals surface area contributed by atoms with Crippen molar-refractivity contribution in [2.75, 3.05) is 13.1 Å². The fraction of sp³-hybridized carbons (Fsp3) is 0.480. The van der Waals surface area contributed by atoms with Gasteiger partial charge in [-0.25, -0.2) is 0 Å². The van der Waals surface area contributed by atoms with Gasteiger partial charge in [-0.2, -0.15) is 0 Å². The van der Waals surface area contributed by atoms with Crippen LogP contribution in [0.3, 0.4) is 0 Å². The van der Waals surface area contributed by atoms with Gasteiger partial charge in [0.05, 0.1) is 0 Å². The van der Waals surface area contributed by atoms with Crippen molar-refractivity contribution in [1.29, 1.82) is 0 Å². The van der Waals surface area contributed by atoms with Crippen LogP contribution in [0.4, 0.5) is 0 Å². The summed E-state index contributed by atoms with van der Waals surface area (Å²) in [6, 6.07) is 14.6. The molecule has 1 aliphatic heterocycles. The minimum absolute atomic E-state index is 0.0657. The topological polar surface area (TPSA) is 41.6 Å². The smallest absolute Gasteiger partial charge is 0.261 e. The maximum Gasteiger partial charge on any atom is 0.261 e. The van der Waals surface area contributed by atoms with Gasteiger partial charge in [-0.3, -0.25) is 9.69 Å². The van der Waals surface area contributed by atoms with E-state index in [1.807, 2.05) is 32.9 Å². The van der Waals surface area contributed by atoms with Crippen LogP contribution in [-0.2, 0) is 17.9 Å². The number of aryl methyl sites for hydroxylation is 2. The molecule has 0 bridgehead atoms. The second kappa shape index (κ2) is 10.4. The van der Waals surface area contributed by atoms with E-state index in [-0.39, 0.29) is 5.91 Å². The predicted octanol–water partition coefficient (Wildman–Crippen LogP) is 4.76. The van der Waals surface area contributed by atoms with Crippen molar-refractivity contribution in [3.63, 3.8) is 0 Å². The summed E-state index contributed by atoms with van der Waals surface area (Å²) in [7, 11) is 0. The molecule has 0 spiro atoms. The first-order valence-corrected chi connectivity index (χ1v) is 10.9. The van der Waals surface area contributed by atoms with Crippen LogP contribution in [0.2, 0.25) is 0 Å². The highest BCUT2D eigenvalue weighted by atomic mass is 16.5. The third-order valence-corrected chi connectivity index (χ3v) is 5.48. The van der Waals surface area contributed by atoms with Gasteiger partial charge >= 0.3 is 0 Å². The number of likely N-dealkylation sites (tertiary alicyclic amines) is 1. The lowest BCUT2D eigenvalue weighted by Gasteiger charge is -2.26.